The highest BCUT2D eigenvalue weighted by Crippen LogP contribution is 2.09. The Bertz CT molecular complexity index is 1100. The number of aromatic nitrogens is 4. The minimum Gasteiger partial charge on any atom is -0.467 e. The molecule has 0 bridgehead atoms. The molecule has 4 aromatic rings. The van der Waals surface area contributed by atoms with Gasteiger partial charge in [0.05, 0.1) is 43.6 Å². The molecule has 7 nitrogen and oxygen atoms in total. The van der Waals surface area contributed by atoms with Crippen molar-refractivity contribution in [2.45, 2.75) is 13.1 Å². The van der Waals surface area contributed by atoms with Crippen LogP contribution in [0, 0.1) is 11.3 Å². The highest BCUT2D eigenvalue weighted by Gasteiger charge is 2.06. The van der Waals surface area contributed by atoms with Crippen molar-refractivity contribution in [3.05, 3.63) is 77.7 Å². The fourth-order valence-electron chi connectivity index (χ4n) is 2.59. The second kappa shape index (κ2) is 6.45. The number of H-pyrrole nitrogens is 1. The fraction of sp³-hybridized carbons (Fsp3) is 0.111. The number of aromatic amines is 1. The van der Waals surface area contributed by atoms with E-state index < -0.39 is 0 Å². The molecular weight excluding hydrogens is 316 g/mol. The number of imidazole rings is 1. The van der Waals surface area contributed by atoms with Crippen LogP contribution in [0.15, 0.2) is 64.7 Å². The maximum absolute atomic E-state index is 8.88. The van der Waals surface area contributed by atoms with Crippen molar-refractivity contribution >= 4 is 11.2 Å². The average molecular weight is 330 g/mol. The Kier molecular flexibility index (Phi) is 3.85. The van der Waals surface area contributed by atoms with E-state index in [1.807, 2.05) is 28.8 Å². The quantitative estimate of drug-likeness (QED) is 0.621. The van der Waals surface area contributed by atoms with Gasteiger partial charge in [0.25, 0.3) is 0 Å². The van der Waals surface area contributed by atoms with Gasteiger partial charge in [-0.25, -0.2) is 9.97 Å². The van der Waals surface area contributed by atoms with Crippen molar-refractivity contribution in [3.8, 4) is 6.07 Å². The lowest BCUT2D eigenvalue weighted by Gasteiger charge is -2.07. The molecule has 1 aromatic carbocycles. The number of hydrogen-bond acceptors (Lipinski definition) is 5. The number of fused-ring (bicyclic) bond motifs is 1. The zero-order chi connectivity index (χ0) is 17.1. The second-order valence-electron chi connectivity index (χ2n) is 5.50. The predicted molar refractivity (Wildman–Crippen MR) is 90.1 cm³/mol. The van der Waals surface area contributed by atoms with E-state index in [4.69, 9.17) is 9.68 Å². The van der Waals surface area contributed by atoms with Crippen molar-refractivity contribution in [3.63, 3.8) is 0 Å². The Labute approximate surface area is 142 Å². The van der Waals surface area contributed by atoms with Crippen LogP contribution in [0.25, 0.3) is 11.2 Å². The van der Waals surface area contributed by atoms with Crippen molar-refractivity contribution in [2.75, 3.05) is 0 Å². The van der Waals surface area contributed by atoms with E-state index in [1.54, 1.807) is 31.1 Å². The van der Waals surface area contributed by atoms with E-state index in [0.29, 0.717) is 24.1 Å². The zero-order valence-corrected chi connectivity index (χ0v) is 13.3. The molecule has 7 heteroatoms. The molecule has 0 saturated carbocycles. The number of nitriles is 1. The Morgan fingerprint density at radius 2 is 2.08 bits per heavy atom. The molecule has 3 heterocycles. The molecule has 0 aliphatic heterocycles. The van der Waals surface area contributed by atoms with Crippen LogP contribution in [0.4, 0.5) is 0 Å². The summed E-state index contributed by atoms with van der Waals surface area (Å²) in [6.07, 6.45) is 4.98. The molecule has 0 atom stereocenters. The number of nitrogens with zero attached hydrogens (tertiary/aromatic N) is 5. The summed E-state index contributed by atoms with van der Waals surface area (Å²) < 4.78 is 7.24. The average Bonchev–Trinajstić information content (AvgIpc) is 3.33. The molecule has 0 amide bonds. The van der Waals surface area contributed by atoms with Crippen molar-refractivity contribution in [2.24, 2.45) is 4.99 Å². The van der Waals surface area contributed by atoms with Crippen molar-refractivity contribution < 1.29 is 4.42 Å². The minimum atomic E-state index is 0.424. The van der Waals surface area contributed by atoms with Crippen LogP contribution in [0.1, 0.15) is 16.9 Å². The van der Waals surface area contributed by atoms with E-state index in [-0.39, 0.29) is 0 Å². The van der Waals surface area contributed by atoms with Crippen LogP contribution in [0.2, 0.25) is 0 Å². The Hall–Kier alpha value is -3.66. The van der Waals surface area contributed by atoms with Gasteiger partial charge < -0.3 is 14.0 Å². The Morgan fingerprint density at radius 1 is 1.20 bits per heavy atom. The molecule has 0 spiro atoms. The fourth-order valence-corrected chi connectivity index (χ4v) is 2.59. The molecule has 0 aliphatic carbocycles. The monoisotopic (exact) mass is 330 g/mol. The molecule has 0 fully saturated rings. The number of benzene rings is 1. The molecule has 25 heavy (non-hydrogen) atoms. The van der Waals surface area contributed by atoms with Crippen molar-refractivity contribution in [1.29, 1.82) is 5.26 Å². The topological polar surface area (TPSA) is 95.8 Å². The van der Waals surface area contributed by atoms with E-state index in [2.05, 4.69) is 26.0 Å². The Balaban J connectivity index is 1.67. The summed E-state index contributed by atoms with van der Waals surface area (Å²) in [6, 6.07) is 13.3. The van der Waals surface area contributed by atoms with Crippen molar-refractivity contribution in [1.82, 2.24) is 19.5 Å². The maximum Gasteiger partial charge on any atom is 0.177 e. The second-order valence-corrected chi connectivity index (χ2v) is 5.50. The third-order valence-corrected chi connectivity index (χ3v) is 3.84. The zero-order valence-electron chi connectivity index (χ0n) is 13.3. The van der Waals surface area contributed by atoms with Gasteiger partial charge in [-0.2, -0.15) is 5.26 Å². The van der Waals surface area contributed by atoms with E-state index in [1.165, 1.54) is 0 Å². The standard InChI is InChI=1S/C18H14N6O/c19-8-13-3-5-14(6-4-13)10-24-12-23-17(16-18(24)22-11-21-16)20-9-15-2-1-7-25-15/h1-7,11-12H,9-10H2,(H,21,22). The summed E-state index contributed by atoms with van der Waals surface area (Å²) in [5.41, 5.74) is 3.86. The molecule has 0 saturated heterocycles. The third-order valence-electron chi connectivity index (χ3n) is 3.84. The first-order chi connectivity index (χ1) is 12.3. The first-order valence-electron chi connectivity index (χ1n) is 7.74. The number of nitrogens with one attached hydrogen (secondary N) is 1. The summed E-state index contributed by atoms with van der Waals surface area (Å²) in [7, 11) is 0. The predicted octanol–water partition coefficient (Wildman–Crippen LogP) is 2.37. The first-order valence-corrected chi connectivity index (χ1v) is 7.74. The van der Waals surface area contributed by atoms with Gasteiger partial charge in [0.1, 0.15) is 11.3 Å². The normalized spacial score (nSPS) is 11.7. The van der Waals surface area contributed by atoms with Gasteiger partial charge in [-0.05, 0) is 29.8 Å². The summed E-state index contributed by atoms with van der Waals surface area (Å²) in [4.78, 5) is 16.4. The van der Waals surface area contributed by atoms with Crippen LogP contribution in [0.5, 0.6) is 0 Å². The molecule has 4 rings (SSSR count). The largest absolute Gasteiger partial charge is 0.467 e. The lowest BCUT2D eigenvalue weighted by Crippen LogP contribution is -2.15. The number of hydrogen-bond donors (Lipinski definition) is 1. The minimum absolute atomic E-state index is 0.424. The lowest BCUT2D eigenvalue weighted by atomic mass is 10.1. The van der Waals surface area contributed by atoms with Crippen LogP contribution in [-0.4, -0.2) is 19.5 Å². The van der Waals surface area contributed by atoms with Gasteiger partial charge >= 0.3 is 0 Å². The number of furan rings is 1. The van der Waals surface area contributed by atoms with Gasteiger partial charge in [-0.15, -0.1) is 0 Å². The molecule has 3 aromatic heterocycles. The van der Waals surface area contributed by atoms with Gasteiger partial charge in [0.2, 0.25) is 0 Å². The van der Waals surface area contributed by atoms with E-state index in [9.17, 15) is 0 Å². The lowest BCUT2D eigenvalue weighted by molar-refractivity contribution is 0.510. The van der Waals surface area contributed by atoms with Crippen LogP contribution < -0.4 is 5.49 Å². The number of rotatable bonds is 4. The van der Waals surface area contributed by atoms with Crippen LogP contribution in [-0.2, 0) is 13.1 Å². The summed E-state index contributed by atoms with van der Waals surface area (Å²) in [5, 5.41) is 8.88. The maximum atomic E-state index is 8.88. The van der Waals surface area contributed by atoms with Gasteiger partial charge in [-0.1, -0.05) is 12.1 Å². The van der Waals surface area contributed by atoms with E-state index in [0.717, 1.165) is 22.5 Å². The third kappa shape index (κ3) is 3.05. The van der Waals surface area contributed by atoms with E-state index >= 15 is 0 Å². The summed E-state index contributed by atoms with van der Waals surface area (Å²) >= 11 is 0. The van der Waals surface area contributed by atoms with Gasteiger partial charge in [0.15, 0.2) is 11.1 Å². The SMILES string of the molecule is N#Cc1ccc(Cn2cnc(=NCc3ccco3)c3[nH]cnc32)cc1. The summed E-state index contributed by atoms with van der Waals surface area (Å²) in [6.45, 7) is 1.03. The molecule has 0 aliphatic rings. The smallest absolute Gasteiger partial charge is 0.177 e. The molecule has 122 valence electrons. The van der Waals surface area contributed by atoms with Crippen LogP contribution >= 0.6 is 0 Å². The van der Waals surface area contributed by atoms with Crippen LogP contribution in [0.3, 0.4) is 0 Å². The van der Waals surface area contributed by atoms with Gasteiger partial charge in [0, 0.05) is 0 Å². The first kappa shape index (κ1) is 14.9. The molecule has 0 radical (unpaired) electrons. The Morgan fingerprint density at radius 3 is 2.84 bits per heavy atom. The van der Waals surface area contributed by atoms with Gasteiger partial charge in [-0.3, -0.25) is 4.99 Å². The summed E-state index contributed by atoms with van der Waals surface area (Å²) in [5.74, 6) is 0.781. The molecule has 0 unspecified atom stereocenters. The molecule has 1 N–H and O–H groups in total. The highest BCUT2D eigenvalue weighted by molar-refractivity contribution is 5.68. The molecular formula is C18H14N6O. The highest BCUT2D eigenvalue weighted by atomic mass is 16.3.